The van der Waals surface area contributed by atoms with E-state index in [2.05, 4.69) is 13.7 Å². The number of fused-ring (bicyclic) bond motifs is 2. The topological polar surface area (TPSA) is 46.5 Å². The molecule has 21 heavy (non-hydrogen) atoms. The van der Waals surface area contributed by atoms with Crippen molar-refractivity contribution in [2.75, 3.05) is 0 Å². The van der Waals surface area contributed by atoms with Crippen molar-refractivity contribution in [1.29, 1.82) is 0 Å². The molecule has 4 aromatic rings. The van der Waals surface area contributed by atoms with Crippen LogP contribution in [0.2, 0.25) is 5.02 Å². The molecule has 0 amide bonds. The van der Waals surface area contributed by atoms with E-state index in [9.17, 15) is 4.39 Å². The van der Waals surface area contributed by atoms with Crippen LogP contribution >= 0.6 is 35.5 Å². The molecule has 8 heteroatoms. The van der Waals surface area contributed by atoms with Crippen molar-refractivity contribution in [3.63, 3.8) is 0 Å². The van der Waals surface area contributed by atoms with Crippen molar-refractivity contribution >= 4 is 57.6 Å². The molecule has 0 atom stereocenters. The monoisotopic (exact) mass is 336 g/mol. The van der Waals surface area contributed by atoms with Crippen molar-refractivity contribution < 1.29 is 4.39 Å². The number of nitrogens with one attached hydrogen (secondary N) is 1. The number of aromatic amines is 1. The molecule has 4 rings (SSSR count). The van der Waals surface area contributed by atoms with Crippen LogP contribution in [0.3, 0.4) is 0 Å². The number of hydrogen-bond donors (Lipinski definition) is 1. The average Bonchev–Trinajstić information content (AvgIpc) is 3.05. The molecule has 0 fully saturated rings. The van der Waals surface area contributed by atoms with E-state index in [1.165, 1.54) is 6.07 Å². The van der Waals surface area contributed by atoms with E-state index in [-0.39, 0.29) is 5.82 Å². The Morgan fingerprint density at radius 1 is 1.24 bits per heavy atom. The summed E-state index contributed by atoms with van der Waals surface area (Å²) in [6.07, 6.45) is 0. The van der Waals surface area contributed by atoms with Crippen LogP contribution in [0.4, 0.5) is 4.39 Å². The van der Waals surface area contributed by atoms with Gasteiger partial charge in [-0.15, -0.1) is 0 Å². The highest BCUT2D eigenvalue weighted by molar-refractivity contribution is 7.71. The molecule has 0 bridgehead atoms. The Morgan fingerprint density at radius 3 is 2.95 bits per heavy atom. The molecule has 2 aromatic carbocycles. The highest BCUT2D eigenvalue weighted by Crippen LogP contribution is 2.32. The summed E-state index contributed by atoms with van der Waals surface area (Å²) in [6, 6.07) is 8.32. The summed E-state index contributed by atoms with van der Waals surface area (Å²) >= 11 is 12.8. The van der Waals surface area contributed by atoms with Crippen LogP contribution in [0.25, 0.3) is 27.8 Å². The molecule has 2 heterocycles. The number of halogens is 2. The van der Waals surface area contributed by atoms with E-state index < -0.39 is 0 Å². The van der Waals surface area contributed by atoms with Gasteiger partial charge >= 0.3 is 0 Å². The van der Waals surface area contributed by atoms with Crippen molar-refractivity contribution in [3.8, 4) is 5.69 Å². The van der Waals surface area contributed by atoms with Gasteiger partial charge in [0.15, 0.2) is 4.77 Å². The first kappa shape index (κ1) is 12.9. The minimum atomic E-state index is -0.364. The summed E-state index contributed by atoms with van der Waals surface area (Å²) in [5, 5.41) is 0.483. The van der Waals surface area contributed by atoms with Gasteiger partial charge in [0.1, 0.15) is 22.4 Å². The number of benzene rings is 2. The standard InChI is InChI=1S/C13H6ClFN4S2/c14-6-4-5-8-11(18-21-17-8)12(6)19-9-3-1-2-7(15)10(9)16-13(19)20/h1-5H,(H,16,20). The number of imidazole rings is 1. The van der Waals surface area contributed by atoms with E-state index in [4.69, 9.17) is 23.8 Å². The van der Waals surface area contributed by atoms with Gasteiger partial charge in [-0.25, -0.2) is 4.39 Å². The van der Waals surface area contributed by atoms with Crippen LogP contribution in [-0.4, -0.2) is 18.3 Å². The van der Waals surface area contributed by atoms with Crippen LogP contribution in [-0.2, 0) is 0 Å². The number of hydrogen-bond acceptors (Lipinski definition) is 4. The maximum atomic E-state index is 13.9. The number of nitrogens with zero attached hydrogens (tertiary/aromatic N) is 3. The maximum Gasteiger partial charge on any atom is 0.182 e. The lowest BCUT2D eigenvalue weighted by Crippen LogP contribution is -1.97. The normalized spacial score (nSPS) is 11.5. The van der Waals surface area contributed by atoms with Gasteiger partial charge in [0.2, 0.25) is 0 Å². The first-order chi connectivity index (χ1) is 10.2. The quantitative estimate of drug-likeness (QED) is 0.521. The third kappa shape index (κ3) is 1.81. The molecule has 0 radical (unpaired) electrons. The summed E-state index contributed by atoms with van der Waals surface area (Å²) in [4.78, 5) is 2.88. The average molecular weight is 337 g/mol. The fourth-order valence-corrected chi connectivity index (χ4v) is 3.41. The Labute approximate surface area is 132 Å². The highest BCUT2D eigenvalue weighted by atomic mass is 35.5. The van der Waals surface area contributed by atoms with Gasteiger partial charge in [-0.3, -0.25) is 4.57 Å². The van der Waals surface area contributed by atoms with Gasteiger partial charge in [-0.1, -0.05) is 17.7 Å². The van der Waals surface area contributed by atoms with Crippen molar-refractivity contribution in [2.45, 2.75) is 0 Å². The molecule has 104 valence electrons. The van der Waals surface area contributed by atoms with Crippen LogP contribution in [0, 0.1) is 10.6 Å². The Kier molecular flexibility index (Phi) is 2.81. The van der Waals surface area contributed by atoms with E-state index in [0.717, 1.165) is 17.2 Å². The molecule has 0 aliphatic rings. The van der Waals surface area contributed by atoms with E-state index >= 15 is 0 Å². The van der Waals surface area contributed by atoms with Gasteiger partial charge in [0.25, 0.3) is 0 Å². The van der Waals surface area contributed by atoms with Crippen LogP contribution in [0.5, 0.6) is 0 Å². The number of rotatable bonds is 1. The van der Waals surface area contributed by atoms with Gasteiger partial charge < -0.3 is 4.98 Å². The summed E-state index contributed by atoms with van der Waals surface area (Å²) in [7, 11) is 0. The second-order valence-electron chi connectivity index (χ2n) is 4.43. The second-order valence-corrected chi connectivity index (χ2v) is 5.75. The van der Waals surface area contributed by atoms with Crippen LogP contribution in [0.1, 0.15) is 0 Å². The maximum absolute atomic E-state index is 13.9. The molecule has 2 aromatic heterocycles. The van der Waals surface area contributed by atoms with E-state index in [0.29, 0.717) is 32.0 Å². The lowest BCUT2D eigenvalue weighted by Gasteiger charge is -2.07. The summed E-state index contributed by atoms with van der Waals surface area (Å²) in [5.41, 5.74) is 2.95. The zero-order chi connectivity index (χ0) is 14.6. The molecular formula is C13H6ClFN4S2. The molecule has 0 unspecified atom stereocenters. The molecule has 0 aliphatic carbocycles. The zero-order valence-corrected chi connectivity index (χ0v) is 12.7. The number of aromatic nitrogens is 4. The lowest BCUT2D eigenvalue weighted by molar-refractivity contribution is 0.637. The highest BCUT2D eigenvalue weighted by Gasteiger charge is 2.17. The molecule has 4 nitrogen and oxygen atoms in total. The van der Waals surface area contributed by atoms with Gasteiger partial charge in [-0.05, 0) is 36.5 Å². The summed E-state index contributed by atoms with van der Waals surface area (Å²) < 4.78 is 24.4. The Bertz CT molecular complexity index is 1050. The molecular weight excluding hydrogens is 331 g/mol. The minimum Gasteiger partial charge on any atom is -0.328 e. The fraction of sp³-hybridized carbons (Fsp3) is 0. The predicted molar refractivity (Wildman–Crippen MR) is 84.4 cm³/mol. The molecule has 0 saturated carbocycles. The summed E-state index contributed by atoms with van der Waals surface area (Å²) in [6.45, 7) is 0. The van der Waals surface area contributed by atoms with E-state index in [1.807, 2.05) is 0 Å². The fourth-order valence-electron chi connectivity index (χ4n) is 2.34. The van der Waals surface area contributed by atoms with Gasteiger partial charge in [-0.2, -0.15) is 8.75 Å². The largest absolute Gasteiger partial charge is 0.328 e. The second kappa shape index (κ2) is 4.59. The third-order valence-corrected chi connectivity index (χ3v) is 4.38. The zero-order valence-electron chi connectivity index (χ0n) is 10.3. The predicted octanol–water partition coefficient (Wildman–Crippen LogP) is 4.49. The van der Waals surface area contributed by atoms with Crippen molar-refractivity contribution in [1.82, 2.24) is 18.3 Å². The van der Waals surface area contributed by atoms with Gasteiger partial charge in [0.05, 0.1) is 28.0 Å². The SMILES string of the molecule is Fc1cccc2c1[nH]c(=S)n2-c1c(Cl)ccc2nsnc12. The van der Waals surface area contributed by atoms with Gasteiger partial charge in [0, 0.05) is 0 Å². The lowest BCUT2D eigenvalue weighted by atomic mass is 10.2. The first-order valence-corrected chi connectivity index (χ1v) is 7.49. The molecule has 0 saturated heterocycles. The van der Waals surface area contributed by atoms with E-state index in [1.54, 1.807) is 28.8 Å². The molecule has 1 N–H and O–H groups in total. The molecule has 0 spiro atoms. The Hall–Kier alpha value is -1.83. The molecule has 0 aliphatic heterocycles. The Morgan fingerprint density at radius 2 is 2.10 bits per heavy atom. The van der Waals surface area contributed by atoms with Crippen LogP contribution < -0.4 is 0 Å². The minimum absolute atomic E-state index is 0.346. The van der Waals surface area contributed by atoms with Crippen molar-refractivity contribution in [2.24, 2.45) is 0 Å². The Balaban J connectivity index is 2.22. The smallest absolute Gasteiger partial charge is 0.182 e. The first-order valence-electron chi connectivity index (χ1n) is 5.97. The third-order valence-electron chi connectivity index (χ3n) is 3.24. The number of H-pyrrole nitrogens is 1. The number of para-hydroxylation sites is 1. The van der Waals surface area contributed by atoms with Crippen LogP contribution in [0.15, 0.2) is 30.3 Å². The summed E-state index contributed by atoms with van der Waals surface area (Å²) in [5.74, 6) is -0.364. The van der Waals surface area contributed by atoms with Crippen molar-refractivity contribution in [3.05, 3.63) is 45.9 Å².